The number of hydrogen-bond donors (Lipinski definition) is 0. The van der Waals surface area contributed by atoms with Gasteiger partial charge in [0, 0.05) is 0 Å². The second kappa shape index (κ2) is 13.9. The minimum atomic E-state index is -0.00397. The highest BCUT2D eigenvalue weighted by atomic mass is 14.3. The first-order valence-electron chi connectivity index (χ1n) is 24.3. The Labute approximate surface area is 396 Å². The van der Waals surface area contributed by atoms with Crippen molar-refractivity contribution < 1.29 is 0 Å². The van der Waals surface area contributed by atoms with Crippen molar-refractivity contribution in [2.24, 2.45) is 0 Å². The summed E-state index contributed by atoms with van der Waals surface area (Å²) in [4.78, 5) is 0. The van der Waals surface area contributed by atoms with Gasteiger partial charge in [-0.25, -0.2) is 0 Å². The normalized spacial score (nSPS) is 12.9. The lowest BCUT2D eigenvalue weighted by molar-refractivity contribution is 0.589. The van der Waals surface area contributed by atoms with Gasteiger partial charge in [-0.2, -0.15) is 0 Å². The molecule has 0 saturated carbocycles. The molecule has 0 aliphatic rings. The van der Waals surface area contributed by atoms with Crippen molar-refractivity contribution in [1.29, 1.82) is 0 Å². The van der Waals surface area contributed by atoms with Crippen LogP contribution in [0, 0.1) is 0 Å². The summed E-state index contributed by atoms with van der Waals surface area (Å²) in [5.41, 5.74) is 10.5. The van der Waals surface area contributed by atoms with E-state index in [1.54, 1.807) is 0 Å². The molecule has 0 amide bonds. The monoisotopic (exact) mass is 866 g/mol. The average Bonchev–Trinajstić information content (AvgIpc) is 3.85. The minimum Gasteiger partial charge on any atom is -0.0622 e. The molecule has 0 nitrogen and oxygen atoms in total. The Kier molecular flexibility index (Phi) is 8.04. The third-order valence-electron chi connectivity index (χ3n) is 15.6. The smallest absolute Gasteiger partial charge is 0.000697 e. The van der Waals surface area contributed by atoms with Crippen molar-refractivity contribution in [1.82, 2.24) is 0 Å². The summed E-state index contributed by atoms with van der Waals surface area (Å²) < 4.78 is 0. The van der Waals surface area contributed by atoms with Gasteiger partial charge < -0.3 is 0 Å². The van der Waals surface area contributed by atoms with Gasteiger partial charge in [-0.15, -0.1) is 0 Å². The summed E-state index contributed by atoms with van der Waals surface area (Å²) in [5.74, 6) is 0. The molecule has 0 N–H and O–H groups in total. The topological polar surface area (TPSA) is 0 Å². The van der Waals surface area contributed by atoms with Crippen LogP contribution in [0.4, 0.5) is 0 Å². The second-order valence-corrected chi connectivity index (χ2v) is 21.6. The maximum atomic E-state index is 2.56. The Morgan fingerprint density at radius 1 is 0.235 bits per heavy atom. The molecule has 0 radical (unpaired) electrons. The summed E-state index contributed by atoms with van der Waals surface area (Å²) in [6.07, 6.45) is 0. The highest BCUT2D eigenvalue weighted by Crippen LogP contribution is 2.56. The lowest BCUT2D eigenvalue weighted by atomic mass is 9.81. The van der Waals surface area contributed by atoms with Crippen molar-refractivity contribution in [3.8, 4) is 33.4 Å². The zero-order chi connectivity index (χ0) is 45.8. The molecule has 0 aromatic heterocycles. The van der Waals surface area contributed by atoms with Crippen molar-refractivity contribution >= 4 is 108 Å². The average molecular weight is 867 g/mol. The van der Waals surface area contributed by atoms with E-state index in [4.69, 9.17) is 0 Å². The Bertz CT molecular complexity index is 4410. The van der Waals surface area contributed by atoms with Gasteiger partial charge in [0.2, 0.25) is 0 Å². The Morgan fingerprint density at radius 2 is 0.809 bits per heavy atom. The molecule has 14 aromatic carbocycles. The lowest BCUT2D eigenvalue weighted by Crippen LogP contribution is -2.12. The van der Waals surface area contributed by atoms with Gasteiger partial charge in [-0.1, -0.05) is 211 Å². The van der Waals surface area contributed by atoms with E-state index in [0.717, 1.165) is 0 Å². The minimum absolute atomic E-state index is 0.00397. The Hall–Kier alpha value is -7.80. The van der Waals surface area contributed by atoms with Crippen LogP contribution in [0.1, 0.15) is 52.7 Å². The summed E-state index contributed by atoms with van der Waals surface area (Å²) in [6.45, 7) is 13.9. The van der Waals surface area contributed by atoms with Crippen LogP contribution < -0.4 is 0 Å². The third kappa shape index (κ3) is 5.49. The molecule has 14 aromatic rings. The van der Waals surface area contributed by atoms with Crippen LogP contribution in [-0.2, 0) is 10.8 Å². The molecule has 0 heteroatoms. The summed E-state index contributed by atoms with van der Waals surface area (Å²) in [7, 11) is 0. The number of hydrogen-bond acceptors (Lipinski definition) is 0. The van der Waals surface area contributed by atoms with Crippen molar-refractivity contribution in [2.45, 2.75) is 52.4 Å². The molecule has 0 aliphatic carbocycles. The van der Waals surface area contributed by atoms with E-state index in [1.807, 2.05) is 0 Å². The van der Waals surface area contributed by atoms with Crippen molar-refractivity contribution in [3.63, 3.8) is 0 Å². The second-order valence-electron chi connectivity index (χ2n) is 21.6. The van der Waals surface area contributed by atoms with Crippen LogP contribution in [0.25, 0.3) is 141 Å². The van der Waals surface area contributed by atoms with E-state index in [-0.39, 0.29) is 10.8 Å². The molecule has 0 unspecified atom stereocenters. The van der Waals surface area contributed by atoms with E-state index in [2.05, 4.69) is 236 Å². The van der Waals surface area contributed by atoms with Gasteiger partial charge in [-0.3, -0.25) is 0 Å². The van der Waals surface area contributed by atoms with E-state index in [9.17, 15) is 0 Å². The van der Waals surface area contributed by atoms with Crippen molar-refractivity contribution in [3.05, 3.63) is 205 Å². The fourth-order valence-electron chi connectivity index (χ4n) is 12.3. The highest BCUT2D eigenvalue weighted by Gasteiger charge is 2.28. The molecule has 0 spiro atoms. The number of benzene rings is 12. The quantitative estimate of drug-likeness (QED) is 0.155. The van der Waals surface area contributed by atoms with Crippen LogP contribution in [0.15, 0.2) is 194 Å². The molecule has 0 heterocycles. The Balaban J connectivity index is 1.18. The molecule has 68 heavy (non-hydrogen) atoms. The van der Waals surface area contributed by atoms with Crippen LogP contribution in [0.3, 0.4) is 0 Å². The molecule has 322 valence electrons. The molecule has 0 bridgehead atoms. The van der Waals surface area contributed by atoms with Gasteiger partial charge in [0.1, 0.15) is 0 Å². The van der Waals surface area contributed by atoms with Gasteiger partial charge in [-0.05, 0) is 187 Å². The van der Waals surface area contributed by atoms with E-state index in [0.29, 0.717) is 0 Å². The summed E-state index contributed by atoms with van der Waals surface area (Å²) >= 11 is 0. The van der Waals surface area contributed by atoms with Crippen LogP contribution in [0.2, 0.25) is 0 Å². The zero-order valence-corrected chi connectivity index (χ0v) is 39.5. The van der Waals surface area contributed by atoms with Crippen LogP contribution in [0.5, 0.6) is 0 Å². The van der Waals surface area contributed by atoms with Crippen molar-refractivity contribution in [2.75, 3.05) is 0 Å². The summed E-state index contributed by atoms with van der Waals surface area (Å²) in [5, 5.41) is 26.2. The van der Waals surface area contributed by atoms with Crippen LogP contribution >= 0.6 is 0 Å². The van der Waals surface area contributed by atoms with Gasteiger partial charge in [0.15, 0.2) is 0 Å². The maximum Gasteiger partial charge on any atom is -0.000697 e. The first kappa shape index (κ1) is 39.4. The highest BCUT2D eigenvalue weighted by molar-refractivity contribution is 6.46. The van der Waals surface area contributed by atoms with E-state index in [1.165, 1.54) is 152 Å². The molecule has 14 rings (SSSR count). The standard InChI is InChI=1S/C68H50/c1-67(2,3)44-31-32-47-43(33-44)34-45(68(4,5)6)37-56(47)41-29-30-42-36-58-62-52(55(42)35-41)26-16-28-54(62)65-63(50-24-14-20-39-17-10-11-21-46(39)50)59-38-57-49-23-13-12-22-48(49)51-25-15-27-53(61(51)57)64(59)60(66(58)65)40-18-8-7-9-19-40/h7-38H,1-6H3. The fraction of sp³-hybridized carbons (Fsp3) is 0.118. The van der Waals surface area contributed by atoms with Crippen LogP contribution in [-0.4, -0.2) is 0 Å². The third-order valence-corrected chi connectivity index (χ3v) is 15.6. The van der Waals surface area contributed by atoms with Gasteiger partial charge in [0.25, 0.3) is 0 Å². The number of fused-ring (bicyclic) bond motifs is 12. The predicted octanol–water partition coefficient (Wildman–Crippen LogP) is 19.7. The van der Waals surface area contributed by atoms with Gasteiger partial charge >= 0.3 is 0 Å². The molecular weight excluding hydrogens is 817 g/mol. The molecular formula is C68H50. The maximum absolute atomic E-state index is 2.56. The first-order chi connectivity index (χ1) is 33.0. The van der Waals surface area contributed by atoms with Gasteiger partial charge in [0.05, 0.1) is 0 Å². The molecule has 0 saturated heterocycles. The fourth-order valence-corrected chi connectivity index (χ4v) is 12.3. The summed E-state index contributed by atoms with van der Waals surface area (Å²) in [6, 6.07) is 74.6. The number of rotatable bonds is 3. The predicted molar refractivity (Wildman–Crippen MR) is 298 cm³/mol. The lowest BCUT2D eigenvalue weighted by Gasteiger charge is -2.24. The SMILES string of the molecule is CC(C)(C)c1ccc2c(-c3ccc4cc5c6c(-c7ccccc7)c7c(cc8c9ccccc9c9cccc7c98)c(-c7cccc8ccccc78)c6c6cccc(c4c3)c65)cc(C(C)(C)C)cc2c1. The molecule has 0 atom stereocenters. The molecule has 0 aliphatic heterocycles. The molecule has 0 fully saturated rings. The zero-order valence-electron chi connectivity index (χ0n) is 39.5. The first-order valence-corrected chi connectivity index (χ1v) is 24.3. The van der Waals surface area contributed by atoms with E-state index < -0.39 is 0 Å². The van der Waals surface area contributed by atoms with E-state index >= 15 is 0 Å². The Morgan fingerprint density at radius 3 is 1.57 bits per heavy atom. The largest absolute Gasteiger partial charge is 0.0622 e.